The summed E-state index contributed by atoms with van der Waals surface area (Å²) in [6, 6.07) is -0.443. The number of nitrogens with one attached hydrogen (secondary N) is 2. The van der Waals surface area contributed by atoms with Crippen LogP contribution in [0.5, 0.6) is 0 Å². The maximum absolute atomic E-state index is 11.9. The van der Waals surface area contributed by atoms with Crippen LogP contribution in [0.1, 0.15) is 19.0 Å². The molecule has 2 rings (SSSR count). The van der Waals surface area contributed by atoms with Gasteiger partial charge in [0.1, 0.15) is 12.6 Å². The van der Waals surface area contributed by atoms with Gasteiger partial charge in [-0.25, -0.2) is 0 Å². The van der Waals surface area contributed by atoms with Gasteiger partial charge in [-0.05, 0) is 6.42 Å². The minimum Gasteiger partial charge on any atom is -0.343 e. The van der Waals surface area contributed by atoms with Crippen LogP contribution in [-0.2, 0) is 16.1 Å². The average Bonchev–Trinajstić information content (AvgIpc) is 2.69. The van der Waals surface area contributed by atoms with E-state index in [2.05, 4.69) is 10.3 Å². The van der Waals surface area contributed by atoms with Crippen molar-refractivity contribution in [3.05, 3.63) is 20.7 Å². The zero-order chi connectivity index (χ0) is 12.4. The molecule has 2 heterocycles. The quantitative estimate of drug-likeness (QED) is 0.776. The molecule has 1 aromatic heterocycles. The third-order valence-corrected chi connectivity index (χ3v) is 3.34. The highest BCUT2D eigenvalue weighted by atomic mass is 32.1. The van der Waals surface area contributed by atoms with Gasteiger partial charge in [0.05, 0.1) is 6.54 Å². The number of aromatic amines is 1. The first kappa shape index (κ1) is 11.8. The molecule has 1 aliphatic rings. The van der Waals surface area contributed by atoms with E-state index in [4.69, 9.17) is 0 Å². The number of H-pyrrole nitrogens is 1. The van der Waals surface area contributed by atoms with Gasteiger partial charge in [0.15, 0.2) is 0 Å². The van der Waals surface area contributed by atoms with Gasteiger partial charge < -0.3 is 15.2 Å². The van der Waals surface area contributed by atoms with Crippen molar-refractivity contribution in [2.75, 3.05) is 6.54 Å². The van der Waals surface area contributed by atoms with E-state index in [-0.39, 0.29) is 29.8 Å². The highest BCUT2D eigenvalue weighted by molar-refractivity contribution is 7.07. The Morgan fingerprint density at radius 2 is 2.24 bits per heavy atom. The number of carbonyl (C=O) groups excluding carboxylic acids is 2. The van der Waals surface area contributed by atoms with Crippen molar-refractivity contribution in [2.24, 2.45) is 0 Å². The summed E-state index contributed by atoms with van der Waals surface area (Å²) < 4.78 is 0. The van der Waals surface area contributed by atoms with Gasteiger partial charge in [-0.3, -0.25) is 14.4 Å². The lowest BCUT2D eigenvalue weighted by Crippen LogP contribution is -2.57. The zero-order valence-electron chi connectivity index (χ0n) is 9.36. The van der Waals surface area contributed by atoms with Gasteiger partial charge in [0, 0.05) is 11.1 Å². The molecule has 1 fully saturated rings. The van der Waals surface area contributed by atoms with E-state index in [0.29, 0.717) is 12.1 Å². The molecule has 0 aliphatic carbocycles. The molecule has 7 heteroatoms. The summed E-state index contributed by atoms with van der Waals surface area (Å²) in [5, 5.41) is 4.31. The summed E-state index contributed by atoms with van der Waals surface area (Å²) in [7, 11) is 0. The van der Waals surface area contributed by atoms with Crippen LogP contribution < -0.4 is 10.2 Å². The zero-order valence-corrected chi connectivity index (χ0v) is 10.2. The van der Waals surface area contributed by atoms with E-state index in [1.807, 2.05) is 6.92 Å². The second kappa shape index (κ2) is 4.70. The Hall–Kier alpha value is -1.63. The Morgan fingerprint density at radius 3 is 2.82 bits per heavy atom. The summed E-state index contributed by atoms with van der Waals surface area (Å²) >= 11 is 1.05. The molecule has 17 heavy (non-hydrogen) atoms. The predicted octanol–water partition coefficient (Wildman–Crippen LogP) is -0.327. The molecule has 1 aliphatic heterocycles. The Kier molecular flexibility index (Phi) is 3.28. The van der Waals surface area contributed by atoms with E-state index in [1.165, 1.54) is 4.90 Å². The number of hydrogen-bond donors (Lipinski definition) is 2. The van der Waals surface area contributed by atoms with Gasteiger partial charge in [0.25, 0.3) is 0 Å². The first-order chi connectivity index (χ1) is 8.10. The fourth-order valence-corrected chi connectivity index (χ4v) is 2.35. The number of carbonyl (C=O) groups is 2. The molecule has 1 unspecified atom stereocenters. The number of nitrogens with zero attached hydrogens (tertiary/aromatic N) is 1. The number of piperazine rings is 1. The molecule has 1 saturated heterocycles. The molecule has 2 amide bonds. The minimum atomic E-state index is -0.443. The van der Waals surface area contributed by atoms with E-state index < -0.39 is 6.04 Å². The first-order valence-corrected chi connectivity index (χ1v) is 6.23. The normalized spacial score (nSPS) is 20.5. The summed E-state index contributed by atoms with van der Waals surface area (Å²) in [6.45, 7) is 2.17. The summed E-state index contributed by atoms with van der Waals surface area (Å²) in [6.07, 6.45) is 0.571. The average molecular weight is 255 g/mol. The van der Waals surface area contributed by atoms with Gasteiger partial charge in [-0.1, -0.05) is 18.3 Å². The lowest BCUT2D eigenvalue weighted by molar-refractivity contribution is -0.145. The first-order valence-electron chi connectivity index (χ1n) is 5.35. The van der Waals surface area contributed by atoms with Crippen molar-refractivity contribution in [1.29, 1.82) is 0 Å². The molecule has 92 valence electrons. The monoisotopic (exact) mass is 255 g/mol. The van der Waals surface area contributed by atoms with Gasteiger partial charge in [-0.2, -0.15) is 0 Å². The van der Waals surface area contributed by atoms with Gasteiger partial charge >= 0.3 is 4.87 Å². The van der Waals surface area contributed by atoms with Gasteiger partial charge in [-0.15, -0.1) is 0 Å². The van der Waals surface area contributed by atoms with Crippen molar-refractivity contribution >= 4 is 23.2 Å². The van der Waals surface area contributed by atoms with Gasteiger partial charge in [0.2, 0.25) is 11.8 Å². The van der Waals surface area contributed by atoms with Crippen LogP contribution in [0.3, 0.4) is 0 Å². The lowest BCUT2D eigenvalue weighted by Gasteiger charge is -2.31. The summed E-state index contributed by atoms with van der Waals surface area (Å²) in [5.74, 6) is -0.256. The Bertz CT molecular complexity index is 493. The highest BCUT2D eigenvalue weighted by Gasteiger charge is 2.31. The van der Waals surface area contributed by atoms with Crippen LogP contribution >= 0.6 is 11.3 Å². The van der Waals surface area contributed by atoms with Crippen LogP contribution in [0.2, 0.25) is 0 Å². The Balaban J connectivity index is 2.11. The predicted molar refractivity (Wildman–Crippen MR) is 62.6 cm³/mol. The van der Waals surface area contributed by atoms with Crippen molar-refractivity contribution in [3.63, 3.8) is 0 Å². The van der Waals surface area contributed by atoms with E-state index in [9.17, 15) is 14.4 Å². The molecule has 1 aromatic rings. The van der Waals surface area contributed by atoms with Crippen LogP contribution in [0.25, 0.3) is 0 Å². The molecule has 6 nitrogen and oxygen atoms in total. The molecule has 0 spiro atoms. The summed E-state index contributed by atoms with van der Waals surface area (Å²) in [5.41, 5.74) is 0.665. The van der Waals surface area contributed by atoms with Crippen LogP contribution in [0.15, 0.2) is 10.2 Å². The van der Waals surface area contributed by atoms with Crippen molar-refractivity contribution in [1.82, 2.24) is 15.2 Å². The van der Waals surface area contributed by atoms with Crippen LogP contribution in [0.4, 0.5) is 0 Å². The van der Waals surface area contributed by atoms with Crippen molar-refractivity contribution in [2.45, 2.75) is 25.9 Å². The maximum atomic E-state index is 11.9. The molecular formula is C10H13N3O3S. The highest BCUT2D eigenvalue weighted by Crippen LogP contribution is 2.09. The number of hydrogen-bond acceptors (Lipinski definition) is 4. The standard InChI is InChI=1S/C10H13N3O3S/c1-2-7-9(15)13(4-8(14)12-7)3-6-5-17-10(16)11-6/h5,7H,2-4H2,1H3,(H,11,16)(H,12,14). The lowest BCUT2D eigenvalue weighted by atomic mass is 10.1. The topological polar surface area (TPSA) is 82.3 Å². The molecule has 0 bridgehead atoms. The number of thiazole rings is 1. The third-order valence-electron chi connectivity index (χ3n) is 2.62. The van der Waals surface area contributed by atoms with E-state index in [0.717, 1.165) is 11.3 Å². The molecule has 1 atom stereocenters. The smallest absolute Gasteiger partial charge is 0.304 e. The molecule has 0 radical (unpaired) electrons. The fraction of sp³-hybridized carbons (Fsp3) is 0.500. The fourth-order valence-electron chi connectivity index (χ4n) is 1.78. The molecule has 0 saturated carbocycles. The number of aromatic nitrogens is 1. The molecular weight excluding hydrogens is 242 g/mol. The van der Waals surface area contributed by atoms with Crippen molar-refractivity contribution in [3.8, 4) is 0 Å². The number of rotatable bonds is 3. The molecule has 0 aromatic carbocycles. The minimum absolute atomic E-state index is 0.0488. The second-order valence-electron chi connectivity index (χ2n) is 3.90. The molecule has 2 N–H and O–H groups in total. The Labute approximate surface area is 102 Å². The largest absolute Gasteiger partial charge is 0.343 e. The van der Waals surface area contributed by atoms with Crippen molar-refractivity contribution < 1.29 is 9.59 Å². The maximum Gasteiger partial charge on any atom is 0.304 e. The SMILES string of the molecule is CCC1NC(=O)CN(Cc2csc(=O)[nH]2)C1=O. The second-order valence-corrected chi connectivity index (χ2v) is 4.74. The van der Waals surface area contributed by atoms with E-state index in [1.54, 1.807) is 5.38 Å². The Morgan fingerprint density at radius 1 is 1.47 bits per heavy atom. The number of amides is 2. The van der Waals surface area contributed by atoms with Crippen LogP contribution in [0, 0.1) is 0 Å². The van der Waals surface area contributed by atoms with E-state index >= 15 is 0 Å². The van der Waals surface area contributed by atoms with Crippen LogP contribution in [-0.4, -0.2) is 34.3 Å². The third kappa shape index (κ3) is 2.55. The summed E-state index contributed by atoms with van der Waals surface area (Å²) in [4.78, 5) is 38.3.